The molecular weight excluding hydrogens is 347 g/mol. The van der Waals surface area contributed by atoms with Crippen LogP contribution >= 0.6 is 39.1 Å². The van der Waals surface area contributed by atoms with Crippen LogP contribution in [0.15, 0.2) is 28.7 Å². The SMILES string of the molecule is Cc1cc(Br)c(Nc2cc(Cl)c(N)cc2C)cc1Cl. The molecule has 2 aromatic carbocycles. The normalized spacial score (nSPS) is 10.6. The van der Waals surface area contributed by atoms with Gasteiger partial charge in [0, 0.05) is 15.2 Å². The van der Waals surface area contributed by atoms with Gasteiger partial charge in [-0.3, -0.25) is 0 Å². The largest absolute Gasteiger partial charge is 0.398 e. The number of hydrogen-bond donors (Lipinski definition) is 2. The maximum atomic E-state index is 6.14. The van der Waals surface area contributed by atoms with Crippen molar-refractivity contribution in [1.29, 1.82) is 0 Å². The molecule has 2 rings (SSSR count). The van der Waals surface area contributed by atoms with Crippen molar-refractivity contribution < 1.29 is 0 Å². The van der Waals surface area contributed by atoms with Gasteiger partial charge in [0.1, 0.15) is 0 Å². The number of hydrogen-bond acceptors (Lipinski definition) is 2. The maximum Gasteiger partial charge on any atom is 0.0656 e. The lowest BCUT2D eigenvalue weighted by atomic mass is 10.1. The Morgan fingerprint density at radius 3 is 2.26 bits per heavy atom. The van der Waals surface area contributed by atoms with Gasteiger partial charge >= 0.3 is 0 Å². The second-order valence-electron chi connectivity index (χ2n) is 4.39. The minimum Gasteiger partial charge on any atom is -0.398 e. The van der Waals surface area contributed by atoms with E-state index in [9.17, 15) is 0 Å². The third-order valence-corrected chi connectivity index (χ3v) is 4.25. The van der Waals surface area contributed by atoms with Crippen LogP contribution in [0, 0.1) is 13.8 Å². The van der Waals surface area contributed by atoms with Crippen molar-refractivity contribution in [2.24, 2.45) is 0 Å². The third-order valence-electron chi connectivity index (χ3n) is 2.86. The van der Waals surface area contributed by atoms with Gasteiger partial charge in [0.15, 0.2) is 0 Å². The zero-order valence-corrected chi connectivity index (χ0v) is 13.6. The molecule has 19 heavy (non-hydrogen) atoms. The van der Waals surface area contributed by atoms with Crippen LogP contribution in [0.25, 0.3) is 0 Å². The van der Waals surface area contributed by atoms with E-state index in [2.05, 4.69) is 21.2 Å². The van der Waals surface area contributed by atoms with Gasteiger partial charge in [-0.15, -0.1) is 0 Å². The Bertz CT molecular complexity index is 586. The lowest BCUT2D eigenvalue weighted by Gasteiger charge is -2.14. The Balaban J connectivity index is 2.42. The lowest BCUT2D eigenvalue weighted by Crippen LogP contribution is -1.97. The third kappa shape index (κ3) is 3.16. The fraction of sp³-hybridized carbons (Fsp3) is 0.143. The summed E-state index contributed by atoms with van der Waals surface area (Å²) in [6, 6.07) is 7.50. The van der Waals surface area contributed by atoms with Crippen LogP contribution in [0.4, 0.5) is 17.1 Å². The second-order valence-corrected chi connectivity index (χ2v) is 6.06. The molecule has 0 saturated heterocycles. The molecule has 0 amide bonds. The number of halogens is 3. The zero-order chi connectivity index (χ0) is 14.2. The van der Waals surface area contributed by atoms with Gasteiger partial charge in [-0.25, -0.2) is 0 Å². The number of nitrogen functional groups attached to an aromatic ring is 1. The molecule has 100 valence electrons. The van der Waals surface area contributed by atoms with Gasteiger partial charge in [0.25, 0.3) is 0 Å². The highest BCUT2D eigenvalue weighted by molar-refractivity contribution is 9.10. The molecule has 0 aliphatic carbocycles. The van der Waals surface area contributed by atoms with Crippen LogP contribution in [-0.2, 0) is 0 Å². The van der Waals surface area contributed by atoms with Gasteiger partial charge in [0.05, 0.1) is 16.4 Å². The number of nitrogens with one attached hydrogen (secondary N) is 1. The fourth-order valence-electron chi connectivity index (χ4n) is 1.73. The monoisotopic (exact) mass is 358 g/mol. The Morgan fingerprint density at radius 1 is 0.947 bits per heavy atom. The molecule has 2 aromatic rings. The zero-order valence-electron chi connectivity index (χ0n) is 10.5. The van der Waals surface area contributed by atoms with Crippen molar-refractivity contribution in [2.75, 3.05) is 11.1 Å². The summed E-state index contributed by atoms with van der Waals surface area (Å²) in [5, 5.41) is 4.55. The molecule has 0 aromatic heterocycles. The van der Waals surface area contributed by atoms with E-state index in [1.807, 2.05) is 38.1 Å². The quantitative estimate of drug-likeness (QED) is 0.675. The smallest absolute Gasteiger partial charge is 0.0656 e. The molecule has 2 nitrogen and oxygen atoms in total. The molecule has 0 saturated carbocycles. The lowest BCUT2D eigenvalue weighted by molar-refractivity contribution is 1.40. The van der Waals surface area contributed by atoms with Crippen LogP contribution in [0.5, 0.6) is 0 Å². The summed E-state index contributed by atoms with van der Waals surface area (Å²) < 4.78 is 0.946. The Labute approximate surface area is 131 Å². The van der Waals surface area contributed by atoms with Crippen molar-refractivity contribution in [3.63, 3.8) is 0 Å². The molecule has 0 aliphatic rings. The average molecular weight is 360 g/mol. The fourth-order valence-corrected chi connectivity index (χ4v) is 2.61. The molecule has 0 atom stereocenters. The Morgan fingerprint density at radius 2 is 1.58 bits per heavy atom. The van der Waals surface area contributed by atoms with E-state index < -0.39 is 0 Å². The second kappa shape index (κ2) is 5.61. The first-order chi connectivity index (χ1) is 8.88. The van der Waals surface area contributed by atoms with Crippen LogP contribution in [0.2, 0.25) is 10.0 Å². The first kappa shape index (κ1) is 14.5. The average Bonchev–Trinajstić information content (AvgIpc) is 2.32. The van der Waals surface area contributed by atoms with Gasteiger partial charge in [-0.1, -0.05) is 23.2 Å². The summed E-state index contributed by atoms with van der Waals surface area (Å²) in [6.45, 7) is 3.93. The molecule has 0 spiro atoms. The van der Waals surface area contributed by atoms with E-state index in [4.69, 9.17) is 28.9 Å². The maximum absolute atomic E-state index is 6.14. The summed E-state index contributed by atoms with van der Waals surface area (Å²) in [6.07, 6.45) is 0. The molecule has 0 heterocycles. The predicted octanol–water partition coefficient (Wildman–Crippen LogP) is 5.70. The van der Waals surface area contributed by atoms with Crippen molar-refractivity contribution in [3.05, 3.63) is 49.9 Å². The van der Waals surface area contributed by atoms with Crippen molar-refractivity contribution in [2.45, 2.75) is 13.8 Å². The molecular formula is C14H13BrCl2N2. The molecule has 3 N–H and O–H groups in total. The van der Waals surface area contributed by atoms with Crippen molar-refractivity contribution in [3.8, 4) is 0 Å². The highest BCUT2D eigenvalue weighted by Crippen LogP contribution is 2.34. The van der Waals surface area contributed by atoms with E-state index in [1.54, 1.807) is 0 Å². The summed E-state index contributed by atoms with van der Waals surface area (Å²) in [5.74, 6) is 0. The molecule has 0 bridgehead atoms. The van der Waals surface area contributed by atoms with Crippen LogP contribution < -0.4 is 11.1 Å². The Kier molecular flexibility index (Phi) is 4.29. The first-order valence-corrected chi connectivity index (χ1v) is 7.21. The molecule has 0 radical (unpaired) electrons. The van der Waals surface area contributed by atoms with Crippen molar-refractivity contribution >= 4 is 56.2 Å². The summed E-state index contributed by atoms with van der Waals surface area (Å²) in [7, 11) is 0. The minimum atomic E-state index is 0.530. The van der Waals surface area contributed by atoms with Gasteiger partial charge < -0.3 is 11.1 Å². The number of aryl methyl sites for hydroxylation is 2. The molecule has 0 aliphatic heterocycles. The van der Waals surface area contributed by atoms with E-state index >= 15 is 0 Å². The van der Waals surface area contributed by atoms with Crippen LogP contribution in [0.3, 0.4) is 0 Å². The Hall–Kier alpha value is -0.900. The summed E-state index contributed by atoms with van der Waals surface area (Å²) >= 11 is 15.7. The predicted molar refractivity (Wildman–Crippen MR) is 87.8 cm³/mol. The molecule has 0 fully saturated rings. The van der Waals surface area contributed by atoms with Crippen LogP contribution in [-0.4, -0.2) is 0 Å². The first-order valence-electron chi connectivity index (χ1n) is 5.67. The summed E-state index contributed by atoms with van der Waals surface area (Å²) in [4.78, 5) is 0. The molecule has 0 unspecified atom stereocenters. The van der Waals surface area contributed by atoms with E-state index in [1.165, 1.54) is 0 Å². The van der Waals surface area contributed by atoms with Crippen molar-refractivity contribution in [1.82, 2.24) is 0 Å². The minimum absolute atomic E-state index is 0.530. The highest BCUT2D eigenvalue weighted by atomic mass is 79.9. The van der Waals surface area contributed by atoms with Gasteiger partial charge in [-0.05, 0) is 65.2 Å². The van der Waals surface area contributed by atoms with E-state index in [0.29, 0.717) is 15.7 Å². The van der Waals surface area contributed by atoms with E-state index in [-0.39, 0.29) is 0 Å². The topological polar surface area (TPSA) is 38.0 Å². The van der Waals surface area contributed by atoms with E-state index in [0.717, 1.165) is 27.0 Å². The van der Waals surface area contributed by atoms with Gasteiger partial charge in [-0.2, -0.15) is 0 Å². The number of nitrogens with two attached hydrogens (primary N) is 1. The standard InChI is InChI=1S/C14H13BrCl2N2/c1-7-3-9(15)14(5-10(7)16)19-13-6-11(17)12(18)4-8(13)2/h3-6,19H,18H2,1-2H3. The number of rotatable bonds is 2. The number of anilines is 3. The van der Waals surface area contributed by atoms with Gasteiger partial charge in [0.2, 0.25) is 0 Å². The highest BCUT2D eigenvalue weighted by Gasteiger charge is 2.08. The molecule has 5 heteroatoms. The number of benzene rings is 2. The van der Waals surface area contributed by atoms with Crippen LogP contribution in [0.1, 0.15) is 11.1 Å². The summed E-state index contributed by atoms with van der Waals surface area (Å²) in [5.41, 5.74) is 10.2.